The van der Waals surface area contributed by atoms with Crippen LogP contribution in [0.5, 0.6) is 0 Å². The Morgan fingerprint density at radius 2 is 1.86 bits per heavy atom. The van der Waals surface area contributed by atoms with Crippen LogP contribution in [0.4, 0.5) is 5.69 Å². The second-order valence-corrected chi connectivity index (χ2v) is 12.3. The number of nitrogens with zero attached hydrogens (tertiary/aromatic N) is 3. The average molecular weight is 500 g/mol. The summed E-state index contributed by atoms with van der Waals surface area (Å²) in [4.78, 5) is 13.9. The summed E-state index contributed by atoms with van der Waals surface area (Å²) in [6.07, 6.45) is 8.65. The molecule has 2 aromatic rings. The number of amides is 1. The van der Waals surface area contributed by atoms with Crippen LogP contribution in [-0.4, -0.2) is 54.7 Å². The lowest BCUT2D eigenvalue weighted by molar-refractivity contribution is -0.114. The van der Waals surface area contributed by atoms with Gasteiger partial charge in [-0.05, 0) is 68.5 Å². The largest absolute Gasteiger partial charge is 0.326 e. The molecule has 4 atom stereocenters. The number of hydrogen-bond donors (Lipinski definition) is 2. The molecule has 8 nitrogen and oxygen atoms in total. The quantitative estimate of drug-likeness (QED) is 0.607. The third-order valence-corrected chi connectivity index (χ3v) is 9.65. The highest BCUT2D eigenvalue weighted by Crippen LogP contribution is 2.43. The van der Waals surface area contributed by atoms with E-state index in [-0.39, 0.29) is 16.8 Å². The predicted molar refractivity (Wildman–Crippen MR) is 136 cm³/mol. The summed E-state index contributed by atoms with van der Waals surface area (Å²) >= 11 is 0. The summed E-state index contributed by atoms with van der Waals surface area (Å²) in [6, 6.07) is 8.87. The van der Waals surface area contributed by atoms with E-state index in [1.54, 1.807) is 12.1 Å². The summed E-state index contributed by atoms with van der Waals surface area (Å²) in [5.74, 6) is 1.45. The summed E-state index contributed by atoms with van der Waals surface area (Å²) < 4.78 is 30.7. The molecule has 0 radical (unpaired) electrons. The first-order valence-corrected chi connectivity index (χ1v) is 14.4. The van der Waals surface area contributed by atoms with E-state index in [1.165, 1.54) is 62.5 Å². The third kappa shape index (κ3) is 5.32. The number of hydrogen-bond acceptors (Lipinski definition) is 5. The lowest BCUT2D eigenvalue weighted by Gasteiger charge is -2.50. The van der Waals surface area contributed by atoms with Crippen molar-refractivity contribution in [2.75, 3.05) is 25.0 Å². The van der Waals surface area contributed by atoms with Crippen LogP contribution in [0, 0.1) is 5.92 Å². The minimum absolute atomic E-state index is 0.185. The second-order valence-electron chi connectivity index (χ2n) is 10.5. The van der Waals surface area contributed by atoms with E-state index < -0.39 is 10.0 Å². The Labute approximate surface area is 208 Å². The normalized spacial score (nSPS) is 27.1. The lowest BCUT2D eigenvalue weighted by atomic mass is 9.74. The first-order chi connectivity index (χ1) is 16.8. The smallest absolute Gasteiger partial charge is 0.240 e. The first kappa shape index (κ1) is 24.5. The number of sulfonamides is 1. The number of fused-ring (bicyclic) bond motifs is 3. The molecule has 9 heteroatoms. The Morgan fingerprint density at radius 3 is 2.51 bits per heavy atom. The highest BCUT2D eigenvalue weighted by atomic mass is 32.2. The van der Waals surface area contributed by atoms with Crippen molar-refractivity contribution in [2.45, 2.75) is 74.6 Å². The van der Waals surface area contributed by atoms with Crippen molar-refractivity contribution in [1.82, 2.24) is 19.4 Å². The van der Waals surface area contributed by atoms with Crippen LogP contribution in [-0.2, 0) is 21.9 Å². The van der Waals surface area contributed by atoms with Gasteiger partial charge in [-0.3, -0.25) is 14.4 Å². The van der Waals surface area contributed by atoms with Gasteiger partial charge in [0.05, 0.1) is 10.6 Å². The predicted octanol–water partition coefficient (Wildman–Crippen LogP) is 3.58. The molecule has 2 bridgehead atoms. The minimum atomic E-state index is -3.61. The van der Waals surface area contributed by atoms with Gasteiger partial charge in [-0.2, -0.15) is 5.10 Å². The summed E-state index contributed by atoms with van der Waals surface area (Å²) in [5, 5.41) is 7.58. The molecule has 0 spiro atoms. The van der Waals surface area contributed by atoms with E-state index in [4.69, 9.17) is 5.10 Å². The number of rotatable bonds is 7. The number of aromatic nitrogens is 2. The van der Waals surface area contributed by atoms with Crippen LogP contribution in [0.1, 0.15) is 75.1 Å². The molecule has 35 heavy (non-hydrogen) atoms. The van der Waals surface area contributed by atoms with Crippen LogP contribution in [0.25, 0.3) is 0 Å². The molecule has 1 aromatic carbocycles. The number of nitrogens with one attached hydrogen (secondary N) is 2. The maximum Gasteiger partial charge on any atom is 0.240 e. The van der Waals surface area contributed by atoms with E-state index >= 15 is 0 Å². The van der Waals surface area contributed by atoms with Crippen molar-refractivity contribution in [3.63, 3.8) is 0 Å². The van der Waals surface area contributed by atoms with Gasteiger partial charge in [-0.1, -0.05) is 19.3 Å². The number of piperidine rings is 3. The van der Waals surface area contributed by atoms with E-state index in [0.717, 1.165) is 25.9 Å². The Balaban J connectivity index is 1.21. The molecule has 4 fully saturated rings. The van der Waals surface area contributed by atoms with Crippen molar-refractivity contribution in [1.29, 1.82) is 0 Å². The fourth-order valence-corrected chi connectivity index (χ4v) is 7.42. The fraction of sp³-hybridized carbons (Fsp3) is 0.615. The number of carbonyl (C=O) groups excluding carboxylic acids is 1. The number of anilines is 1. The molecule has 3 aliphatic heterocycles. The maximum absolute atomic E-state index is 12.9. The van der Waals surface area contributed by atoms with Crippen molar-refractivity contribution in [3.8, 4) is 0 Å². The molecule has 190 valence electrons. The molecule has 2 N–H and O–H groups in total. The van der Waals surface area contributed by atoms with E-state index in [9.17, 15) is 13.2 Å². The average Bonchev–Trinajstić information content (AvgIpc) is 3.25. The zero-order valence-corrected chi connectivity index (χ0v) is 21.6. The number of benzene rings is 1. The SMILES string of the molecule is CC(=O)Nc1ccc(S(=O)(=O)NCC2CC3CCN2CC3c2cc(C3CCCCC3)nn2C)cc1. The first-order valence-electron chi connectivity index (χ1n) is 13.0. The summed E-state index contributed by atoms with van der Waals surface area (Å²) in [6.45, 7) is 3.82. The zero-order chi connectivity index (χ0) is 24.6. The Hall–Kier alpha value is -2.23. The molecule has 3 saturated heterocycles. The van der Waals surface area contributed by atoms with Gasteiger partial charge in [0, 0.05) is 56.3 Å². The molecule has 6 rings (SSSR count). The Morgan fingerprint density at radius 1 is 1.11 bits per heavy atom. The van der Waals surface area contributed by atoms with Gasteiger partial charge in [-0.25, -0.2) is 13.1 Å². The molecule has 4 aliphatic rings. The van der Waals surface area contributed by atoms with E-state index in [2.05, 4.69) is 32.7 Å². The van der Waals surface area contributed by atoms with Gasteiger partial charge >= 0.3 is 0 Å². The van der Waals surface area contributed by atoms with Gasteiger partial charge in [0.25, 0.3) is 0 Å². The van der Waals surface area contributed by atoms with Crippen LogP contribution in [0.2, 0.25) is 0 Å². The van der Waals surface area contributed by atoms with Gasteiger partial charge in [-0.15, -0.1) is 0 Å². The zero-order valence-electron chi connectivity index (χ0n) is 20.7. The van der Waals surface area contributed by atoms with E-state index in [0.29, 0.717) is 30.0 Å². The van der Waals surface area contributed by atoms with Crippen LogP contribution < -0.4 is 10.0 Å². The monoisotopic (exact) mass is 499 g/mol. The fourth-order valence-electron chi connectivity index (χ4n) is 6.35. The minimum Gasteiger partial charge on any atom is -0.326 e. The van der Waals surface area contributed by atoms with Gasteiger partial charge in [0.1, 0.15) is 0 Å². The highest BCUT2D eigenvalue weighted by Gasteiger charge is 2.42. The second kappa shape index (κ2) is 10.0. The highest BCUT2D eigenvalue weighted by molar-refractivity contribution is 7.89. The molecule has 4 unspecified atom stereocenters. The summed E-state index contributed by atoms with van der Waals surface area (Å²) in [7, 11) is -1.52. The number of aryl methyl sites for hydroxylation is 1. The van der Waals surface area contributed by atoms with Crippen molar-refractivity contribution >= 4 is 21.6 Å². The third-order valence-electron chi connectivity index (χ3n) is 8.21. The molecular weight excluding hydrogens is 462 g/mol. The van der Waals surface area contributed by atoms with E-state index in [1.807, 2.05) is 0 Å². The lowest BCUT2D eigenvalue weighted by Crippen LogP contribution is -2.56. The van der Waals surface area contributed by atoms with Crippen molar-refractivity contribution in [3.05, 3.63) is 41.7 Å². The topological polar surface area (TPSA) is 96.3 Å². The maximum atomic E-state index is 12.9. The standard InChI is InChI=1S/C26H37N5O3S/c1-18(32)28-21-8-10-23(11-9-21)35(33,34)27-16-22-14-20-12-13-31(22)17-24(20)26-15-25(29-30(26)2)19-6-4-3-5-7-19/h8-11,15,19-20,22,24,27H,3-7,12-14,16-17H2,1-2H3,(H,28,32). The Bertz CT molecular complexity index is 1150. The Kier molecular flexibility index (Phi) is 7.01. The summed E-state index contributed by atoms with van der Waals surface area (Å²) in [5.41, 5.74) is 3.20. The molecule has 1 aliphatic carbocycles. The van der Waals surface area contributed by atoms with Gasteiger partial charge in [0.2, 0.25) is 15.9 Å². The molecule has 1 saturated carbocycles. The van der Waals surface area contributed by atoms with Gasteiger partial charge in [0.15, 0.2) is 0 Å². The molecule has 4 heterocycles. The molecular formula is C26H37N5O3S. The van der Waals surface area contributed by atoms with Crippen molar-refractivity contribution < 1.29 is 13.2 Å². The van der Waals surface area contributed by atoms with Crippen molar-refractivity contribution in [2.24, 2.45) is 13.0 Å². The molecule has 1 amide bonds. The van der Waals surface area contributed by atoms with Crippen LogP contribution in [0.15, 0.2) is 35.2 Å². The number of carbonyl (C=O) groups is 1. The van der Waals surface area contributed by atoms with Crippen LogP contribution >= 0.6 is 0 Å². The molecule has 1 aromatic heterocycles. The van der Waals surface area contributed by atoms with Crippen LogP contribution in [0.3, 0.4) is 0 Å². The van der Waals surface area contributed by atoms with Gasteiger partial charge < -0.3 is 5.32 Å².